The predicted octanol–water partition coefficient (Wildman–Crippen LogP) is -0.469. The number of hydrazine groups is 1. The van der Waals surface area contributed by atoms with E-state index >= 15 is 0 Å². The van der Waals surface area contributed by atoms with Crippen LogP contribution in [0.5, 0.6) is 0 Å². The van der Waals surface area contributed by atoms with Crippen molar-refractivity contribution in [2.75, 3.05) is 19.6 Å². The third-order valence-corrected chi connectivity index (χ3v) is 1.55. The van der Waals surface area contributed by atoms with Crippen molar-refractivity contribution in [3.8, 4) is 0 Å². The van der Waals surface area contributed by atoms with E-state index in [0.29, 0.717) is 0 Å². The molecule has 1 heterocycles. The van der Waals surface area contributed by atoms with Crippen LogP contribution >= 0.6 is 0 Å². The second-order valence-corrected chi connectivity index (χ2v) is 2.34. The molecule has 10 heavy (non-hydrogen) atoms. The highest BCUT2D eigenvalue weighted by atomic mass is 15.4. The maximum atomic E-state index is 5.23. The topological polar surface area (TPSA) is 53.6 Å². The van der Waals surface area contributed by atoms with Crippen molar-refractivity contribution in [1.29, 1.82) is 0 Å². The lowest BCUT2D eigenvalue weighted by molar-refractivity contribution is 0.442. The Morgan fingerprint density at radius 3 is 3.20 bits per heavy atom. The number of hydrogen-bond donors (Lipinski definition) is 2. The third kappa shape index (κ3) is 1.39. The van der Waals surface area contributed by atoms with Crippen LogP contribution in [0, 0.1) is 0 Å². The van der Waals surface area contributed by atoms with Crippen LogP contribution in [0.1, 0.15) is 13.3 Å². The molecule has 0 spiro atoms. The van der Waals surface area contributed by atoms with Gasteiger partial charge >= 0.3 is 0 Å². The van der Waals surface area contributed by atoms with E-state index in [1.807, 2.05) is 0 Å². The van der Waals surface area contributed by atoms with Crippen molar-refractivity contribution in [3.05, 3.63) is 0 Å². The minimum absolute atomic E-state index is 0.835. The molecular weight excluding hydrogens is 128 g/mol. The molecule has 0 aromatic heterocycles. The minimum Gasteiger partial charge on any atom is -0.340 e. The zero-order valence-electron chi connectivity index (χ0n) is 6.30. The van der Waals surface area contributed by atoms with Crippen LogP contribution < -0.4 is 11.3 Å². The molecule has 58 valence electrons. The molecule has 0 saturated heterocycles. The second kappa shape index (κ2) is 3.41. The maximum Gasteiger partial charge on any atom is 0.208 e. The number of nitrogens with one attached hydrogen (secondary N) is 1. The highest BCUT2D eigenvalue weighted by molar-refractivity contribution is 5.80. The molecule has 0 saturated carbocycles. The lowest BCUT2D eigenvalue weighted by atomic mass is 10.4. The van der Waals surface area contributed by atoms with E-state index in [1.165, 1.54) is 0 Å². The van der Waals surface area contributed by atoms with Gasteiger partial charge in [0, 0.05) is 13.1 Å². The number of hydrogen-bond acceptors (Lipinski definition) is 4. The Bertz CT molecular complexity index is 132. The summed E-state index contributed by atoms with van der Waals surface area (Å²) in [6, 6.07) is 0. The Labute approximate surface area is 61.1 Å². The molecule has 4 nitrogen and oxygen atoms in total. The standard InChI is InChI=1S/C6H14N4/c1-2-4-10-5-3-8-6(10)9-7/h2-5,7H2,1H3,(H,8,9). The average molecular weight is 142 g/mol. The summed E-state index contributed by atoms with van der Waals surface area (Å²) in [7, 11) is 0. The molecule has 1 rings (SSSR count). The number of guanidine groups is 1. The SMILES string of the molecule is CCCN1CCN=C1NN. The third-order valence-electron chi connectivity index (χ3n) is 1.55. The van der Waals surface area contributed by atoms with Crippen LogP contribution in [-0.4, -0.2) is 30.5 Å². The van der Waals surface area contributed by atoms with Crippen LogP contribution in [0.3, 0.4) is 0 Å². The Morgan fingerprint density at radius 1 is 1.80 bits per heavy atom. The molecule has 0 amide bonds. The molecule has 0 bridgehead atoms. The average Bonchev–Trinajstić information content (AvgIpc) is 2.36. The summed E-state index contributed by atoms with van der Waals surface area (Å²) in [6.07, 6.45) is 1.14. The fraction of sp³-hybridized carbons (Fsp3) is 0.833. The van der Waals surface area contributed by atoms with Crippen molar-refractivity contribution < 1.29 is 0 Å². The number of aliphatic imine (C=N–C) groups is 1. The minimum atomic E-state index is 0.835. The van der Waals surface area contributed by atoms with Crippen LogP contribution in [-0.2, 0) is 0 Å². The fourth-order valence-corrected chi connectivity index (χ4v) is 1.11. The van der Waals surface area contributed by atoms with Crippen molar-refractivity contribution in [1.82, 2.24) is 10.3 Å². The summed E-state index contributed by atoms with van der Waals surface area (Å²) in [5.74, 6) is 6.07. The zero-order valence-corrected chi connectivity index (χ0v) is 6.30. The van der Waals surface area contributed by atoms with Crippen molar-refractivity contribution in [2.45, 2.75) is 13.3 Å². The van der Waals surface area contributed by atoms with Gasteiger partial charge in [-0.15, -0.1) is 0 Å². The number of nitrogens with zero attached hydrogens (tertiary/aromatic N) is 2. The van der Waals surface area contributed by atoms with Gasteiger partial charge in [-0.3, -0.25) is 10.4 Å². The molecular formula is C6H14N4. The Kier molecular flexibility index (Phi) is 2.50. The van der Waals surface area contributed by atoms with E-state index in [0.717, 1.165) is 32.0 Å². The molecule has 0 atom stereocenters. The van der Waals surface area contributed by atoms with Gasteiger partial charge in [0.25, 0.3) is 0 Å². The van der Waals surface area contributed by atoms with Gasteiger partial charge in [-0.05, 0) is 6.42 Å². The molecule has 4 heteroatoms. The lowest BCUT2D eigenvalue weighted by Crippen LogP contribution is -2.42. The highest BCUT2D eigenvalue weighted by Crippen LogP contribution is 1.98. The summed E-state index contributed by atoms with van der Waals surface area (Å²) in [5, 5.41) is 0. The first-order valence-electron chi connectivity index (χ1n) is 3.64. The Morgan fingerprint density at radius 2 is 2.60 bits per heavy atom. The molecule has 1 aliphatic rings. The van der Waals surface area contributed by atoms with Gasteiger partial charge in [-0.2, -0.15) is 0 Å². The summed E-state index contributed by atoms with van der Waals surface area (Å²) in [4.78, 5) is 6.31. The normalized spacial score (nSPS) is 17.4. The second-order valence-electron chi connectivity index (χ2n) is 2.34. The first-order valence-corrected chi connectivity index (χ1v) is 3.64. The molecule has 0 aromatic carbocycles. The van der Waals surface area contributed by atoms with Crippen molar-refractivity contribution in [3.63, 3.8) is 0 Å². The van der Waals surface area contributed by atoms with Gasteiger partial charge in [-0.1, -0.05) is 6.92 Å². The van der Waals surface area contributed by atoms with Gasteiger partial charge in [0.1, 0.15) is 0 Å². The highest BCUT2D eigenvalue weighted by Gasteiger charge is 2.13. The van der Waals surface area contributed by atoms with Gasteiger partial charge in [-0.25, -0.2) is 5.84 Å². The quantitative estimate of drug-likeness (QED) is 0.405. The van der Waals surface area contributed by atoms with Crippen LogP contribution in [0.15, 0.2) is 4.99 Å². The summed E-state index contributed by atoms with van der Waals surface area (Å²) < 4.78 is 0. The smallest absolute Gasteiger partial charge is 0.208 e. The monoisotopic (exact) mass is 142 g/mol. The van der Waals surface area contributed by atoms with Crippen LogP contribution in [0.2, 0.25) is 0 Å². The zero-order chi connectivity index (χ0) is 7.40. The first kappa shape index (κ1) is 7.34. The molecule has 3 N–H and O–H groups in total. The predicted molar refractivity (Wildman–Crippen MR) is 41.5 cm³/mol. The maximum absolute atomic E-state index is 5.23. The van der Waals surface area contributed by atoms with Gasteiger partial charge in [0.05, 0.1) is 6.54 Å². The lowest BCUT2D eigenvalue weighted by Gasteiger charge is -2.17. The molecule has 0 unspecified atom stereocenters. The Hall–Kier alpha value is -0.770. The van der Waals surface area contributed by atoms with Gasteiger partial charge < -0.3 is 4.90 Å². The summed E-state index contributed by atoms with van der Waals surface area (Å²) >= 11 is 0. The molecule has 0 aliphatic carbocycles. The largest absolute Gasteiger partial charge is 0.340 e. The van der Waals surface area contributed by atoms with E-state index in [9.17, 15) is 0 Å². The van der Waals surface area contributed by atoms with Crippen LogP contribution in [0.25, 0.3) is 0 Å². The number of rotatable bonds is 2. The van der Waals surface area contributed by atoms with Gasteiger partial charge in [0.2, 0.25) is 5.96 Å². The van der Waals surface area contributed by atoms with Crippen LogP contribution in [0.4, 0.5) is 0 Å². The van der Waals surface area contributed by atoms with E-state index in [1.54, 1.807) is 0 Å². The first-order chi connectivity index (χ1) is 4.88. The summed E-state index contributed by atoms with van der Waals surface area (Å²) in [5.41, 5.74) is 2.57. The van der Waals surface area contributed by atoms with E-state index < -0.39 is 0 Å². The fourth-order valence-electron chi connectivity index (χ4n) is 1.11. The van der Waals surface area contributed by atoms with Gasteiger partial charge in [0.15, 0.2) is 0 Å². The molecule has 0 radical (unpaired) electrons. The number of nitrogens with two attached hydrogens (primary N) is 1. The summed E-state index contributed by atoms with van der Waals surface area (Å²) in [6.45, 7) is 5.07. The van der Waals surface area contributed by atoms with E-state index in [-0.39, 0.29) is 0 Å². The molecule has 0 fully saturated rings. The van der Waals surface area contributed by atoms with Crippen molar-refractivity contribution >= 4 is 5.96 Å². The molecule has 0 aromatic rings. The molecule has 1 aliphatic heterocycles. The van der Waals surface area contributed by atoms with E-state index in [2.05, 4.69) is 22.2 Å². The van der Waals surface area contributed by atoms with Crippen molar-refractivity contribution in [2.24, 2.45) is 10.8 Å². The Balaban J connectivity index is 2.38. The van der Waals surface area contributed by atoms with E-state index in [4.69, 9.17) is 5.84 Å².